The van der Waals surface area contributed by atoms with Crippen LogP contribution in [0, 0.1) is 11.8 Å². The smallest absolute Gasteiger partial charge is 0.289 e. The molecule has 2 aliphatic rings. The van der Waals surface area contributed by atoms with Crippen molar-refractivity contribution in [1.29, 1.82) is 0 Å². The molecule has 2 aliphatic heterocycles. The highest BCUT2D eigenvalue weighted by atomic mass is 16.5. The molecule has 0 unspecified atom stereocenters. The topological polar surface area (TPSA) is 85.2 Å². The molecule has 3 aromatic rings. The van der Waals surface area contributed by atoms with Gasteiger partial charge >= 0.3 is 0 Å². The van der Waals surface area contributed by atoms with Gasteiger partial charge in [0.25, 0.3) is 5.91 Å². The Kier molecular flexibility index (Phi) is 5.38. The molecule has 0 spiro atoms. The van der Waals surface area contributed by atoms with E-state index in [1.54, 1.807) is 13.3 Å². The van der Waals surface area contributed by atoms with Crippen LogP contribution in [0.1, 0.15) is 27.6 Å². The fraction of sp³-hybridized carbons (Fsp3) is 0.391. The normalized spacial score (nSPS) is 20.2. The van der Waals surface area contributed by atoms with Crippen molar-refractivity contribution in [2.75, 3.05) is 20.2 Å². The standard InChI is InChI=1S/C23H26N6O2/c1-31-23-17(8-5-9-24-23)12-28-13-18-10-20-26-27-21(29(20)15-19(18)14-28)22(30)25-11-16-6-3-2-4-7-16/h2-9,18-19H,10-15H2,1H3,(H,25,30)/t18-,19+/m1/s1. The fourth-order valence-electron chi connectivity index (χ4n) is 4.74. The number of carbonyl (C=O) groups excluding carboxylic acids is 1. The number of benzene rings is 1. The van der Waals surface area contributed by atoms with Gasteiger partial charge in [-0.2, -0.15) is 0 Å². The molecule has 8 heteroatoms. The number of nitrogens with one attached hydrogen (secondary N) is 1. The lowest BCUT2D eigenvalue weighted by molar-refractivity contribution is 0.0932. The summed E-state index contributed by atoms with van der Waals surface area (Å²) in [6, 6.07) is 13.9. The molecule has 8 nitrogen and oxygen atoms in total. The lowest BCUT2D eigenvalue weighted by atomic mass is 9.89. The third-order valence-electron chi connectivity index (χ3n) is 6.28. The molecule has 1 aromatic carbocycles. The second kappa shape index (κ2) is 8.47. The second-order valence-electron chi connectivity index (χ2n) is 8.31. The summed E-state index contributed by atoms with van der Waals surface area (Å²) in [5.41, 5.74) is 2.16. The first-order valence-corrected chi connectivity index (χ1v) is 10.7. The van der Waals surface area contributed by atoms with E-state index in [9.17, 15) is 4.79 Å². The van der Waals surface area contributed by atoms with Gasteiger partial charge in [-0.3, -0.25) is 9.69 Å². The predicted octanol–water partition coefficient (Wildman–Crippen LogP) is 1.92. The molecule has 4 heterocycles. The lowest BCUT2D eigenvalue weighted by Gasteiger charge is -2.25. The van der Waals surface area contributed by atoms with Crippen LogP contribution in [0.3, 0.4) is 0 Å². The number of likely N-dealkylation sites (tertiary alicyclic amines) is 1. The SMILES string of the molecule is COc1ncccc1CN1C[C@H]2Cc3nnc(C(=O)NCc4ccccc4)n3C[C@@H]2C1. The van der Waals surface area contributed by atoms with Crippen LogP contribution < -0.4 is 10.1 Å². The summed E-state index contributed by atoms with van der Waals surface area (Å²) in [5, 5.41) is 11.5. The zero-order chi connectivity index (χ0) is 21.2. The molecule has 160 valence electrons. The first kappa shape index (κ1) is 19.7. The van der Waals surface area contributed by atoms with E-state index >= 15 is 0 Å². The third kappa shape index (κ3) is 4.03. The molecular formula is C23H26N6O2. The number of methoxy groups -OCH3 is 1. The average molecular weight is 419 g/mol. The van der Waals surface area contributed by atoms with Crippen LogP contribution >= 0.6 is 0 Å². The number of carbonyl (C=O) groups is 1. The highest BCUT2D eigenvalue weighted by Crippen LogP contribution is 2.33. The van der Waals surface area contributed by atoms with Crippen molar-refractivity contribution in [3.63, 3.8) is 0 Å². The Labute approximate surface area is 181 Å². The van der Waals surface area contributed by atoms with Gasteiger partial charge in [-0.1, -0.05) is 36.4 Å². The highest BCUT2D eigenvalue weighted by molar-refractivity contribution is 5.90. The number of amides is 1. The van der Waals surface area contributed by atoms with Crippen LogP contribution in [0.5, 0.6) is 5.88 Å². The summed E-state index contributed by atoms with van der Waals surface area (Å²) < 4.78 is 7.41. The Balaban J connectivity index is 1.24. The average Bonchev–Trinajstić information content (AvgIpc) is 3.39. The van der Waals surface area contributed by atoms with Crippen LogP contribution in [-0.2, 0) is 26.1 Å². The van der Waals surface area contributed by atoms with Gasteiger partial charge < -0.3 is 14.6 Å². The van der Waals surface area contributed by atoms with Crippen molar-refractivity contribution in [2.45, 2.75) is 26.1 Å². The number of aromatic nitrogens is 4. The Morgan fingerprint density at radius 2 is 1.94 bits per heavy atom. The van der Waals surface area contributed by atoms with Crippen molar-refractivity contribution < 1.29 is 9.53 Å². The fourth-order valence-corrected chi connectivity index (χ4v) is 4.74. The number of fused-ring (bicyclic) bond motifs is 2. The first-order valence-electron chi connectivity index (χ1n) is 10.7. The Bertz CT molecular complexity index is 1070. The van der Waals surface area contributed by atoms with Crippen LogP contribution in [0.2, 0.25) is 0 Å². The molecule has 31 heavy (non-hydrogen) atoms. The van der Waals surface area contributed by atoms with E-state index in [0.29, 0.717) is 30.1 Å². The molecule has 1 amide bonds. The van der Waals surface area contributed by atoms with Crippen LogP contribution in [0.4, 0.5) is 0 Å². The minimum atomic E-state index is -0.170. The minimum absolute atomic E-state index is 0.170. The summed E-state index contributed by atoms with van der Waals surface area (Å²) in [4.78, 5) is 19.5. The minimum Gasteiger partial charge on any atom is -0.481 e. The van der Waals surface area contributed by atoms with Gasteiger partial charge in [-0.25, -0.2) is 4.98 Å². The summed E-state index contributed by atoms with van der Waals surface area (Å²) in [6.45, 7) is 4.06. The van der Waals surface area contributed by atoms with Gasteiger partial charge in [0.15, 0.2) is 0 Å². The lowest BCUT2D eigenvalue weighted by Crippen LogP contribution is -2.32. The maximum Gasteiger partial charge on any atom is 0.289 e. The van der Waals surface area contributed by atoms with E-state index < -0.39 is 0 Å². The monoisotopic (exact) mass is 418 g/mol. The predicted molar refractivity (Wildman–Crippen MR) is 114 cm³/mol. The van der Waals surface area contributed by atoms with Crippen LogP contribution in [-0.4, -0.2) is 50.8 Å². The number of pyridine rings is 1. The largest absolute Gasteiger partial charge is 0.481 e. The number of rotatable bonds is 6. The van der Waals surface area contributed by atoms with Crippen molar-refractivity contribution in [3.8, 4) is 5.88 Å². The maximum absolute atomic E-state index is 12.8. The summed E-state index contributed by atoms with van der Waals surface area (Å²) in [6.07, 6.45) is 2.60. The van der Waals surface area contributed by atoms with Gasteiger partial charge in [-0.15, -0.1) is 10.2 Å². The maximum atomic E-state index is 12.8. The number of hydrogen-bond donors (Lipinski definition) is 1. The Morgan fingerprint density at radius 3 is 2.77 bits per heavy atom. The molecule has 1 N–H and O–H groups in total. The molecule has 0 saturated carbocycles. The number of ether oxygens (including phenoxy) is 1. The molecule has 2 aromatic heterocycles. The summed E-state index contributed by atoms with van der Waals surface area (Å²) in [7, 11) is 1.66. The van der Waals surface area contributed by atoms with E-state index in [-0.39, 0.29) is 5.91 Å². The summed E-state index contributed by atoms with van der Waals surface area (Å²) >= 11 is 0. The molecule has 0 radical (unpaired) electrons. The van der Waals surface area contributed by atoms with Gasteiger partial charge in [0.2, 0.25) is 11.7 Å². The van der Waals surface area contributed by atoms with Gasteiger partial charge in [0.1, 0.15) is 5.82 Å². The third-order valence-corrected chi connectivity index (χ3v) is 6.28. The molecule has 0 bridgehead atoms. The molecule has 2 atom stereocenters. The number of hydrogen-bond acceptors (Lipinski definition) is 6. The van der Waals surface area contributed by atoms with Crippen molar-refractivity contribution in [1.82, 2.24) is 30.0 Å². The molecule has 1 fully saturated rings. The Hall–Kier alpha value is -3.26. The molecule has 0 aliphatic carbocycles. The van der Waals surface area contributed by atoms with Gasteiger partial charge in [0, 0.05) is 50.9 Å². The van der Waals surface area contributed by atoms with Gasteiger partial charge in [0.05, 0.1) is 7.11 Å². The zero-order valence-corrected chi connectivity index (χ0v) is 17.6. The first-order chi connectivity index (χ1) is 15.2. The zero-order valence-electron chi connectivity index (χ0n) is 17.6. The second-order valence-corrected chi connectivity index (χ2v) is 8.31. The van der Waals surface area contributed by atoms with Crippen LogP contribution in [0.15, 0.2) is 48.7 Å². The van der Waals surface area contributed by atoms with E-state index in [1.807, 2.05) is 41.0 Å². The molecular weight excluding hydrogens is 392 g/mol. The summed E-state index contributed by atoms with van der Waals surface area (Å²) in [5.74, 6) is 2.85. The van der Waals surface area contributed by atoms with Crippen LogP contribution in [0.25, 0.3) is 0 Å². The Morgan fingerprint density at radius 1 is 1.10 bits per heavy atom. The quantitative estimate of drug-likeness (QED) is 0.658. The van der Waals surface area contributed by atoms with Gasteiger partial charge in [-0.05, 0) is 23.5 Å². The molecule has 5 rings (SSSR count). The highest BCUT2D eigenvalue weighted by Gasteiger charge is 2.39. The van der Waals surface area contributed by atoms with E-state index in [4.69, 9.17) is 4.74 Å². The van der Waals surface area contributed by atoms with E-state index in [1.165, 1.54) is 0 Å². The molecule has 1 saturated heterocycles. The van der Waals surface area contributed by atoms with Crippen molar-refractivity contribution in [2.24, 2.45) is 11.8 Å². The number of nitrogens with zero attached hydrogens (tertiary/aromatic N) is 5. The van der Waals surface area contributed by atoms with E-state index in [0.717, 1.165) is 49.6 Å². The van der Waals surface area contributed by atoms with Crippen molar-refractivity contribution >= 4 is 5.91 Å². The van der Waals surface area contributed by atoms with Crippen molar-refractivity contribution in [3.05, 3.63) is 71.4 Å². The van der Waals surface area contributed by atoms with E-state index in [2.05, 4.69) is 31.5 Å².